The highest BCUT2D eigenvalue weighted by atomic mass is 16.1. The molecule has 1 rings (SSSR count). The van der Waals surface area contributed by atoms with Crippen LogP contribution >= 0.6 is 0 Å². The Balaban J connectivity index is 2.54. The zero-order valence-electron chi connectivity index (χ0n) is 8.03. The van der Waals surface area contributed by atoms with Crippen LogP contribution < -0.4 is 11.5 Å². The van der Waals surface area contributed by atoms with Gasteiger partial charge in [0, 0.05) is 12.8 Å². The number of carbonyl (C=O) groups is 1. The first-order chi connectivity index (χ1) is 6.58. The number of hydrogen-bond acceptors (Lipinski definition) is 6. The van der Waals surface area contributed by atoms with Gasteiger partial charge in [0.1, 0.15) is 11.6 Å². The predicted octanol–water partition coefficient (Wildman–Crippen LogP) is -0.0523. The molecule has 0 bridgehead atoms. The van der Waals surface area contributed by atoms with Gasteiger partial charge in [-0.3, -0.25) is 0 Å². The summed E-state index contributed by atoms with van der Waals surface area (Å²) in [5.74, 6) is 0.932. The molecule has 0 aliphatic carbocycles. The van der Waals surface area contributed by atoms with E-state index in [0.717, 1.165) is 0 Å². The highest BCUT2D eigenvalue weighted by Gasteiger charge is 2.02. The number of ketones is 1. The van der Waals surface area contributed by atoms with Gasteiger partial charge in [-0.15, -0.1) is 0 Å². The summed E-state index contributed by atoms with van der Waals surface area (Å²) in [7, 11) is 0. The number of nitrogen functional groups attached to an aromatic ring is 2. The van der Waals surface area contributed by atoms with Crippen LogP contribution in [0.5, 0.6) is 0 Å². The fourth-order valence-corrected chi connectivity index (χ4v) is 1.06. The quantitative estimate of drug-likeness (QED) is 0.697. The standard InChI is InChI=1S/C8H13N5O/c1-5(14)3-2-4-6-11-7(9)13-8(10)12-6/h2-4H2,1H3,(H4,9,10,11,12,13). The second-order valence-corrected chi connectivity index (χ2v) is 3.02. The van der Waals surface area contributed by atoms with Crippen molar-refractivity contribution in [3.8, 4) is 0 Å². The topological polar surface area (TPSA) is 108 Å². The number of carbonyl (C=O) groups excluding carboxylic acids is 1. The summed E-state index contributed by atoms with van der Waals surface area (Å²) in [4.78, 5) is 22.1. The van der Waals surface area contributed by atoms with E-state index >= 15 is 0 Å². The number of aryl methyl sites for hydroxylation is 1. The van der Waals surface area contributed by atoms with Gasteiger partial charge in [0.15, 0.2) is 0 Å². The summed E-state index contributed by atoms with van der Waals surface area (Å²) in [6.07, 6.45) is 1.82. The second-order valence-electron chi connectivity index (χ2n) is 3.02. The zero-order chi connectivity index (χ0) is 10.6. The van der Waals surface area contributed by atoms with E-state index < -0.39 is 0 Å². The summed E-state index contributed by atoms with van der Waals surface area (Å²) >= 11 is 0. The van der Waals surface area contributed by atoms with E-state index in [9.17, 15) is 4.79 Å². The molecule has 0 spiro atoms. The molecular weight excluding hydrogens is 182 g/mol. The summed E-state index contributed by atoms with van der Waals surface area (Å²) in [5, 5.41) is 0. The molecule has 0 atom stereocenters. The Bertz CT molecular complexity index is 318. The number of Topliss-reactive ketones (excluding diaryl/α,β-unsaturated/α-hetero) is 1. The molecule has 1 aromatic heterocycles. The number of aromatic nitrogens is 3. The van der Waals surface area contributed by atoms with Gasteiger partial charge in [-0.1, -0.05) is 0 Å². The van der Waals surface area contributed by atoms with E-state index in [1.807, 2.05) is 0 Å². The maximum Gasteiger partial charge on any atom is 0.225 e. The fraction of sp³-hybridized carbons (Fsp3) is 0.500. The third-order valence-corrected chi connectivity index (χ3v) is 1.65. The van der Waals surface area contributed by atoms with Crippen LogP contribution in [-0.4, -0.2) is 20.7 Å². The largest absolute Gasteiger partial charge is 0.368 e. The number of nitrogens with zero attached hydrogens (tertiary/aromatic N) is 3. The maximum atomic E-state index is 10.7. The molecule has 0 aliphatic rings. The molecule has 0 radical (unpaired) electrons. The van der Waals surface area contributed by atoms with Gasteiger partial charge in [-0.2, -0.15) is 15.0 Å². The summed E-state index contributed by atoms with van der Waals surface area (Å²) in [6, 6.07) is 0. The number of nitrogens with two attached hydrogens (primary N) is 2. The number of anilines is 2. The molecule has 0 unspecified atom stereocenters. The van der Waals surface area contributed by atoms with Crippen molar-refractivity contribution in [2.45, 2.75) is 26.2 Å². The van der Waals surface area contributed by atoms with E-state index in [1.165, 1.54) is 0 Å². The molecule has 6 heteroatoms. The average Bonchev–Trinajstić information content (AvgIpc) is 2.01. The Morgan fingerprint density at radius 2 is 1.79 bits per heavy atom. The van der Waals surface area contributed by atoms with Crippen molar-refractivity contribution in [2.24, 2.45) is 0 Å². The fourth-order valence-electron chi connectivity index (χ4n) is 1.06. The smallest absolute Gasteiger partial charge is 0.225 e. The molecule has 4 N–H and O–H groups in total. The van der Waals surface area contributed by atoms with Gasteiger partial charge in [0.05, 0.1) is 0 Å². The number of hydrogen-bond donors (Lipinski definition) is 2. The van der Waals surface area contributed by atoms with Crippen LogP contribution in [0.15, 0.2) is 0 Å². The summed E-state index contributed by atoms with van der Waals surface area (Å²) in [5.41, 5.74) is 10.8. The zero-order valence-corrected chi connectivity index (χ0v) is 8.03. The molecule has 0 fully saturated rings. The minimum Gasteiger partial charge on any atom is -0.368 e. The predicted molar refractivity (Wildman–Crippen MR) is 52.3 cm³/mol. The maximum absolute atomic E-state index is 10.7. The van der Waals surface area contributed by atoms with Crippen molar-refractivity contribution in [1.29, 1.82) is 0 Å². The molecule has 76 valence electrons. The van der Waals surface area contributed by atoms with Crippen molar-refractivity contribution in [3.63, 3.8) is 0 Å². The Hall–Kier alpha value is -1.72. The highest BCUT2D eigenvalue weighted by molar-refractivity contribution is 5.75. The first-order valence-electron chi connectivity index (χ1n) is 4.33. The summed E-state index contributed by atoms with van der Waals surface area (Å²) < 4.78 is 0. The lowest BCUT2D eigenvalue weighted by atomic mass is 10.2. The normalized spacial score (nSPS) is 10.1. The lowest BCUT2D eigenvalue weighted by Gasteiger charge is -2.00. The number of rotatable bonds is 4. The van der Waals surface area contributed by atoms with E-state index in [-0.39, 0.29) is 17.7 Å². The third kappa shape index (κ3) is 3.34. The minimum atomic E-state index is 0.121. The molecule has 0 saturated heterocycles. The van der Waals surface area contributed by atoms with Gasteiger partial charge in [-0.25, -0.2) is 0 Å². The van der Waals surface area contributed by atoms with Crippen LogP contribution in [0.4, 0.5) is 11.9 Å². The van der Waals surface area contributed by atoms with E-state index in [1.54, 1.807) is 6.92 Å². The van der Waals surface area contributed by atoms with E-state index in [2.05, 4.69) is 15.0 Å². The van der Waals surface area contributed by atoms with Crippen LogP contribution in [0, 0.1) is 0 Å². The second kappa shape index (κ2) is 4.50. The molecule has 0 amide bonds. The van der Waals surface area contributed by atoms with Crippen LogP contribution in [0.3, 0.4) is 0 Å². The molecule has 6 nitrogen and oxygen atoms in total. The van der Waals surface area contributed by atoms with Gasteiger partial charge in [-0.05, 0) is 13.3 Å². The lowest BCUT2D eigenvalue weighted by molar-refractivity contribution is -0.117. The highest BCUT2D eigenvalue weighted by Crippen LogP contribution is 2.03. The summed E-state index contributed by atoms with van der Waals surface area (Å²) in [6.45, 7) is 1.55. The first kappa shape index (κ1) is 10.4. The molecule has 0 aliphatic heterocycles. The Kier molecular flexibility index (Phi) is 3.33. The monoisotopic (exact) mass is 195 g/mol. The van der Waals surface area contributed by atoms with Crippen molar-refractivity contribution >= 4 is 17.7 Å². The van der Waals surface area contributed by atoms with Crippen LogP contribution in [0.1, 0.15) is 25.6 Å². The molecule has 14 heavy (non-hydrogen) atoms. The van der Waals surface area contributed by atoms with Gasteiger partial charge in [0.25, 0.3) is 0 Å². The molecule has 1 aromatic rings. The SMILES string of the molecule is CC(=O)CCCc1nc(N)nc(N)n1. The molecule has 1 heterocycles. The third-order valence-electron chi connectivity index (χ3n) is 1.65. The Morgan fingerprint density at radius 1 is 1.21 bits per heavy atom. The van der Waals surface area contributed by atoms with Crippen molar-refractivity contribution in [3.05, 3.63) is 5.82 Å². The Morgan fingerprint density at radius 3 is 2.29 bits per heavy atom. The van der Waals surface area contributed by atoms with Crippen molar-refractivity contribution < 1.29 is 4.79 Å². The van der Waals surface area contributed by atoms with Gasteiger partial charge < -0.3 is 16.3 Å². The lowest BCUT2D eigenvalue weighted by Crippen LogP contribution is -2.07. The van der Waals surface area contributed by atoms with Crippen molar-refractivity contribution in [1.82, 2.24) is 15.0 Å². The Labute approximate surface area is 81.8 Å². The van der Waals surface area contributed by atoms with Gasteiger partial charge in [0.2, 0.25) is 11.9 Å². The van der Waals surface area contributed by atoms with E-state index in [0.29, 0.717) is 25.1 Å². The molecular formula is C8H13N5O. The minimum absolute atomic E-state index is 0.121. The first-order valence-corrected chi connectivity index (χ1v) is 4.33. The molecule has 0 aromatic carbocycles. The average molecular weight is 195 g/mol. The van der Waals surface area contributed by atoms with Gasteiger partial charge >= 0.3 is 0 Å². The van der Waals surface area contributed by atoms with Crippen LogP contribution in [0.25, 0.3) is 0 Å². The van der Waals surface area contributed by atoms with E-state index in [4.69, 9.17) is 11.5 Å². The van der Waals surface area contributed by atoms with Crippen LogP contribution in [-0.2, 0) is 11.2 Å². The van der Waals surface area contributed by atoms with Crippen LogP contribution in [0.2, 0.25) is 0 Å². The van der Waals surface area contributed by atoms with Crippen molar-refractivity contribution in [2.75, 3.05) is 11.5 Å². The molecule has 0 saturated carbocycles.